The summed E-state index contributed by atoms with van der Waals surface area (Å²) in [6, 6.07) is 12.8. The minimum Gasteiger partial charge on any atom is -0.399 e. The summed E-state index contributed by atoms with van der Waals surface area (Å²) in [5, 5.41) is 0. The highest BCUT2D eigenvalue weighted by atomic mass is 15.3. The number of nitrogens with zero attached hydrogens (tertiary/aromatic N) is 2. The summed E-state index contributed by atoms with van der Waals surface area (Å²) in [6.45, 7) is 8.66. The molecule has 1 saturated heterocycles. The second-order valence-electron chi connectivity index (χ2n) is 7.96. The summed E-state index contributed by atoms with van der Waals surface area (Å²) in [4.78, 5) is 5.06. The topological polar surface area (TPSA) is 58.5 Å². The third kappa shape index (κ3) is 4.92. The Balaban J connectivity index is 1.72. The zero-order valence-electron chi connectivity index (χ0n) is 17.6. The van der Waals surface area contributed by atoms with Crippen LogP contribution in [0.4, 0.5) is 22.7 Å². The first-order valence-electron chi connectivity index (χ1n) is 10.9. The van der Waals surface area contributed by atoms with Crippen molar-refractivity contribution in [2.45, 2.75) is 52.4 Å². The predicted molar refractivity (Wildman–Crippen MR) is 123 cm³/mol. The molecule has 4 heteroatoms. The van der Waals surface area contributed by atoms with Gasteiger partial charge in [-0.2, -0.15) is 0 Å². The van der Waals surface area contributed by atoms with Gasteiger partial charge < -0.3 is 21.3 Å². The van der Waals surface area contributed by atoms with Gasteiger partial charge in [0.15, 0.2) is 0 Å². The monoisotopic (exact) mass is 380 g/mol. The maximum atomic E-state index is 6.06. The lowest BCUT2D eigenvalue weighted by atomic mass is 10.0. The minimum atomic E-state index is 0.871. The Bertz CT molecular complexity index is 698. The van der Waals surface area contributed by atoms with E-state index in [4.69, 9.17) is 11.5 Å². The second-order valence-corrected chi connectivity index (χ2v) is 7.96. The average Bonchev–Trinajstić information content (AvgIpc) is 2.71. The van der Waals surface area contributed by atoms with Gasteiger partial charge in [0.25, 0.3) is 0 Å². The fourth-order valence-electron chi connectivity index (χ4n) is 4.15. The molecule has 4 N–H and O–H groups in total. The number of nitrogen functional groups attached to an aromatic ring is 2. The van der Waals surface area contributed by atoms with Crippen molar-refractivity contribution in [2.75, 3.05) is 47.4 Å². The van der Waals surface area contributed by atoms with Gasteiger partial charge in [0.1, 0.15) is 0 Å². The number of nitrogens with two attached hydrogens (primary N) is 2. The van der Waals surface area contributed by atoms with E-state index in [0.717, 1.165) is 50.4 Å². The van der Waals surface area contributed by atoms with Crippen LogP contribution in [-0.4, -0.2) is 26.2 Å². The van der Waals surface area contributed by atoms with Crippen LogP contribution in [0.2, 0.25) is 0 Å². The molecule has 0 saturated carbocycles. The third-order valence-corrected chi connectivity index (χ3v) is 5.77. The van der Waals surface area contributed by atoms with Crippen LogP contribution in [0.15, 0.2) is 36.4 Å². The van der Waals surface area contributed by atoms with Gasteiger partial charge in [-0.05, 0) is 73.2 Å². The Hall–Kier alpha value is -2.36. The molecule has 1 aliphatic rings. The lowest BCUT2D eigenvalue weighted by Gasteiger charge is -2.39. The van der Waals surface area contributed by atoms with E-state index in [0.29, 0.717) is 0 Å². The normalized spacial score (nSPS) is 14.5. The molecule has 0 spiro atoms. The van der Waals surface area contributed by atoms with Crippen molar-refractivity contribution < 1.29 is 0 Å². The molecule has 0 aliphatic carbocycles. The van der Waals surface area contributed by atoms with Crippen LogP contribution in [0.3, 0.4) is 0 Å². The molecular weight excluding hydrogens is 344 g/mol. The van der Waals surface area contributed by atoms with E-state index in [-0.39, 0.29) is 0 Å². The zero-order chi connectivity index (χ0) is 19.9. The van der Waals surface area contributed by atoms with E-state index < -0.39 is 0 Å². The smallest absolute Gasteiger partial charge is 0.0401 e. The van der Waals surface area contributed by atoms with Crippen LogP contribution in [0.1, 0.15) is 50.7 Å². The fraction of sp³-hybridized carbons (Fsp3) is 0.500. The minimum absolute atomic E-state index is 0.871. The molecule has 3 rings (SSSR count). The van der Waals surface area contributed by atoms with E-state index in [9.17, 15) is 0 Å². The summed E-state index contributed by atoms with van der Waals surface area (Å²) >= 11 is 0. The lowest BCUT2D eigenvalue weighted by molar-refractivity contribution is 0.646. The van der Waals surface area contributed by atoms with Crippen molar-refractivity contribution in [3.05, 3.63) is 47.5 Å². The van der Waals surface area contributed by atoms with Crippen molar-refractivity contribution >= 4 is 22.7 Å². The number of unbranched alkanes of at least 4 members (excludes halogenated alkanes) is 2. The largest absolute Gasteiger partial charge is 0.399 e. The van der Waals surface area contributed by atoms with Gasteiger partial charge in [0.2, 0.25) is 0 Å². The Morgan fingerprint density at radius 2 is 1.07 bits per heavy atom. The summed E-state index contributed by atoms with van der Waals surface area (Å²) in [7, 11) is 0. The summed E-state index contributed by atoms with van der Waals surface area (Å²) in [6.07, 6.45) is 7.05. The van der Waals surface area contributed by atoms with Crippen molar-refractivity contribution in [3.8, 4) is 0 Å². The first-order valence-corrected chi connectivity index (χ1v) is 10.9. The number of piperazine rings is 1. The van der Waals surface area contributed by atoms with Crippen LogP contribution in [0, 0.1) is 0 Å². The average molecular weight is 381 g/mol. The summed E-state index contributed by atoms with van der Waals surface area (Å²) in [5.41, 5.74) is 19.4. The Kier molecular flexibility index (Phi) is 7.07. The number of benzene rings is 2. The highest BCUT2D eigenvalue weighted by molar-refractivity contribution is 5.63. The van der Waals surface area contributed by atoms with Gasteiger partial charge in [-0.3, -0.25) is 0 Å². The molecule has 1 fully saturated rings. The molecule has 0 aromatic heterocycles. The SMILES string of the molecule is CCCCc1cc(N)ccc1N1CCN(c2ccc(N)cc2CCCC)CC1. The summed E-state index contributed by atoms with van der Waals surface area (Å²) in [5.74, 6) is 0. The molecule has 1 aliphatic heterocycles. The number of hydrogen-bond acceptors (Lipinski definition) is 4. The van der Waals surface area contributed by atoms with Crippen LogP contribution in [0.5, 0.6) is 0 Å². The molecule has 0 radical (unpaired) electrons. The molecule has 2 aromatic carbocycles. The lowest BCUT2D eigenvalue weighted by Crippen LogP contribution is -2.47. The number of rotatable bonds is 8. The van der Waals surface area contributed by atoms with E-state index in [1.165, 1.54) is 48.2 Å². The van der Waals surface area contributed by atoms with Crippen molar-refractivity contribution in [1.29, 1.82) is 0 Å². The highest BCUT2D eigenvalue weighted by Gasteiger charge is 2.21. The Morgan fingerprint density at radius 1 is 0.679 bits per heavy atom. The van der Waals surface area contributed by atoms with Gasteiger partial charge >= 0.3 is 0 Å². The maximum Gasteiger partial charge on any atom is 0.0401 e. The molecular formula is C24H36N4. The van der Waals surface area contributed by atoms with E-state index in [2.05, 4.69) is 47.9 Å². The van der Waals surface area contributed by atoms with Crippen molar-refractivity contribution in [1.82, 2.24) is 0 Å². The number of hydrogen-bond donors (Lipinski definition) is 2. The fourth-order valence-corrected chi connectivity index (χ4v) is 4.15. The Labute approximate surface area is 170 Å². The van der Waals surface area contributed by atoms with Gasteiger partial charge in [-0.15, -0.1) is 0 Å². The number of anilines is 4. The maximum absolute atomic E-state index is 6.06. The molecule has 0 atom stereocenters. The third-order valence-electron chi connectivity index (χ3n) is 5.77. The van der Waals surface area contributed by atoms with E-state index in [1.807, 2.05) is 12.1 Å². The van der Waals surface area contributed by atoms with E-state index in [1.54, 1.807) is 0 Å². The van der Waals surface area contributed by atoms with Crippen LogP contribution < -0.4 is 21.3 Å². The van der Waals surface area contributed by atoms with Crippen LogP contribution in [0.25, 0.3) is 0 Å². The summed E-state index contributed by atoms with van der Waals surface area (Å²) < 4.78 is 0. The standard InChI is InChI=1S/C24H36N4/c1-3-5-7-19-17-21(25)9-11-23(19)27-13-15-28(16-14-27)24-12-10-22(26)18-20(24)8-6-4-2/h9-12,17-18H,3-8,13-16,25-26H2,1-2H3. The van der Waals surface area contributed by atoms with E-state index >= 15 is 0 Å². The molecule has 0 bridgehead atoms. The first-order chi connectivity index (χ1) is 13.6. The molecule has 4 nitrogen and oxygen atoms in total. The first kappa shape index (κ1) is 20.4. The van der Waals surface area contributed by atoms with Crippen molar-refractivity contribution in [3.63, 3.8) is 0 Å². The number of aryl methyl sites for hydroxylation is 2. The van der Waals surface area contributed by atoms with Crippen LogP contribution >= 0.6 is 0 Å². The molecule has 0 amide bonds. The van der Waals surface area contributed by atoms with Crippen molar-refractivity contribution in [2.24, 2.45) is 0 Å². The molecule has 0 unspecified atom stereocenters. The second kappa shape index (κ2) is 9.72. The molecule has 28 heavy (non-hydrogen) atoms. The van der Waals surface area contributed by atoms with Gasteiger partial charge in [0.05, 0.1) is 0 Å². The van der Waals surface area contributed by atoms with Gasteiger partial charge in [-0.25, -0.2) is 0 Å². The molecule has 2 aromatic rings. The van der Waals surface area contributed by atoms with Crippen LogP contribution in [-0.2, 0) is 12.8 Å². The highest BCUT2D eigenvalue weighted by Crippen LogP contribution is 2.29. The molecule has 1 heterocycles. The quantitative estimate of drug-likeness (QED) is 0.642. The molecule has 152 valence electrons. The predicted octanol–water partition coefficient (Wildman–Crippen LogP) is 4.86. The Morgan fingerprint density at radius 3 is 1.43 bits per heavy atom. The zero-order valence-corrected chi connectivity index (χ0v) is 17.6. The van der Waals surface area contributed by atoms with Gasteiger partial charge in [0, 0.05) is 48.9 Å². The van der Waals surface area contributed by atoms with Gasteiger partial charge in [-0.1, -0.05) is 26.7 Å².